The fraction of sp³-hybridized carbons (Fsp3) is 0.625. The summed E-state index contributed by atoms with van der Waals surface area (Å²) in [6, 6.07) is 7.29. The van der Waals surface area contributed by atoms with Gasteiger partial charge in [-0.3, -0.25) is 14.5 Å². The summed E-state index contributed by atoms with van der Waals surface area (Å²) >= 11 is 0. The molecule has 2 N–H and O–H groups in total. The molecule has 0 atom stereocenters. The molecule has 2 aliphatic heterocycles. The SMILES string of the molecule is CCOC(=O)C1CCN(C(=O)C(C)(C)NC(=O)Nc2ccc(CN3CCOCC3)cc2)CC1. The van der Waals surface area contributed by atoms with Crippen molar-refractivity contribution in [2.24, 2.45) is 5.92 Å². The first kappa shape index (κ1) is 25.0. The van der Waals surface area contributed by atoms with Crippen LogP contribution < -0.4 is 10.6 Å². The van der Waals surface area contributed by atoms with Gasteiger partial charge < -0.3 is 25.0 Å². The van der Waals surface area contributed by atoms with Crippen LogP contribution in [0.3, 0.4) is 0 Å². The summed E-state index contributed by atoms with van der Waals surface area (Å²) in [5.41, 5.74) is 0.762. The van der Waals surface area contributed by atoms with Crippen molar-refractivity contribution in [2.75, 3.05) is 51.3 Å². The third-order valence-electron chi connectivity index (χ3n) is 6.08. The second-order valence-corrected chi connectivity index (χ2v) is 9.11. The van der Waals surface area contributed by atoms with Gasteiger partial charge in [0.25, 0.3) is 0 Å². The van der Waals surface area contributed by atoms with Gasteiger partial charge in [0, 0.05) is 38.4 Å². The highest BCUT2D eigenvalue weighted by atomic mass is 16.5. The molecule has 0 unspecified atom stereocenters. The summed E-state index contributed by atoms with van der Waals surface area (Å²) in [6.45, 7) is 10.7. The number of likely N-dealkylation sites (tertiary alicyclic amines) is 1. The minimum absolute atomic E-state index is 0.166. The Labute approximate surface area is 195 Å². The van der Waals surface area contributed by atoms with Gasteiger partial charge in [-0.25, -0.2) is 4.79 Å². The molecule has 9 heteroatoms. The Balaban J connectivity index is 1.46. The second-order valence-electron chi connectivity index (χ2n) is 9.11. The number of urea groups is 1. The standard InChI is InChI=1S/C24H36N4O5/c1-4-33-21(29)19-9-11-28(12-10-19)22(30)24(2,3)26-23(31)25-20-7-5-18(6-8-20)17-27-13-15-32-16-14-27/h5-8,19H,4,9-17H2,1-3H3,(H2,25,26,31). The summed E-state index contributed by atoms with van der Waals surface area (Å²) in [6.07, 6.45) is 1.15. The van der Waals surface area contributed by atoms with Crippen molar-refractivity contribution < 1.29 is 23.9 Å². The fourth-order valence-corrected chi connectivity index (χ4v) is 4.18. The predicted octanol–water partition coefficient (Wildman–Crippen LogP) is 2.22. The van der Waals surface area contributed by atoms with E-state index in [1.807, 2.05) is 24.3 Å². The molecule has 3 rings (SSSR count). The lowest BCUT2D eigenvalue weighted by atomic mass is 9.94. The number of piperidine rings is 1. The van der Waals surface area contributed by atoms with E-state index in [1.165, 1.54) is 5.56 Å². The summed E-state index contributed by atoms with van der Waals surface area (Å²) in [5.74, 6) is -0.530. The van der Waals surface area contributed by atoms with E-state index in [4.69, 9.17) is 9.47 Å². The third-order valence-corrected chi connectivity index (χ3v) is 6.08. The molecule has 0 aliphatic carbocycles. The lowest BCUT2D eigenvalue weighted by Crippen LogP contribution is -2.58. The number of morpholine rings is 1. The Kier molecular flexibility index (Phi) is 8.68. The van der Waals surface area contributed by atoms with E-state index in [-0.39, 0.29) is 17.8 Å². The lowest BCUT2D eigenvalue weighted by molar-refractivity contribution is -0.152. The van der Waals surface area contributed by atoms with Crippen LogP contribution in [-0.4, -0.2) is 79.2 Å². The molecule has 33 heavy (non-hydrogen) atoms. The zero-order valence-electron chi connectivity index (χ0n) is 19.9. The second kappa shape index (κ2) is 11.5. The summed E-state index contributed by atoms with van der Waals surface area (Å²) in [7, 11) is 0. The van der Waals surface area contributed by atoms with E-state index < -0.39 is 11.6 Å². The number of benzene rings is 1. The highest BCUT2D eigenvalue weighted by Gasteiger charge is 2.36. The van der Waals surface area contributed by atoms with E-state index in [0.29, 0.717) is 38.2 Å². The van der Waals surface area contributed by atoms with Crippen LogP contribution in [0.25, 0.3) is 0 Å². The molecular formula is C24H36N4O5. The van der Waals surface area contributed by atoms with Gasteiger partial charge in [-0.2, -0.15) is 0 Å². The lowest BCUT2D eigenvalue weighted by Gasteiger charge is -2.36. The van der Waals surface area contributed by atoms with E-state index in [9.17, 15) is 14.4 Å². The maximum absolute atomic E-state index is 13.0. The van der Waals surface area contributed by atoms with Gasteiger partial charge in [-0.15, -0.1) is 0 Å². The largest absolute Gasteiger partial charge is 0.466 e. The average molecular weight is 461 g/mol. The summed E-state index contributed by atoms with van der Waals surface area (Å²) in [4.78, 5) is 41.5. The molecule has 2 aliphatic rings. The van der Waals surface area contributed by atoms with Crippen molar-refractivity contribution in [1.82, 2.24) is 15.1 Å². The smallest absolute Gasteiger partial charge is 0.320 e. The van der Waals surface area contributed by atoms with Gasteiger partial charge >= 0.3 is 12.0 Å². The number of hydrogen-bond donors (Lipinski definition) is 2. The number of esters is 1. The Morgan fingerprint density at radius 2 is 1.70 bits per heavy atom. The molecule has 0 radical (unpaired) electrons. The third kappa shape index (κ3) is 7.17. The average Bonchev–Trinajstić information content (AvgIpc) is 2.80. The van der Waals surface area contributed by atoms with Crippen LogP contribution >= 0.6 is 0 Å². The molecule has 0 aromatic heterocycles. The van der Waals surface area contributed by atoms with E-state index in [0.717, 1.165) is 32.8 Å². The highest BCUT2D eigenvalue weighted by molar-refractivity contribution is 5.95. The predicted molar refractivity (Wildman–Crippen MR) is 125 cm³/mol. The molecule has 0 bridgehead atoms. The topological polar surface area (TPSA) is 100 Å². The number of carbonyl (C=O) groups is 3. The Hall–Kier alpha value is -2.65. The van der Waals surface area contributed by atoms with Crippen LogP contribution in [0.5, 0.6) is 0 Å². The Morgan fingerprint density at radius 1 is 1.06 bits per heavy atom. The van der Waals surface area contributed by atoms with Gasteiger partial charge in [0.05, 0.1) is 25.7 Å². The van der Waals surface area contributed by atoms with Crippen LogP contribution in [0, 0.1) is 5.92 Å². The molecule has 2 saturated heterocycles. The molecule has 2 fully saturated rings. The number of ether oxygens (including phenoxy) is 2. The Morgan fingerprint density at radius 3 is 2.30 bits per heavy atom. The molecule has 2 heterocycles. The molecular weight excluding hydrogens is 424 g/mol. The first-order valence-electron chi connectivity index (χ1n) is 11.7. The maximum atomic E-state index is 13.0. The highest BCUT2D eigenvalue weighted by Crippen LogP contribution is 2.21. The number of nitrogens with one attached hydrogen (secondary N) is 2. The Bertz CT molecular complexity index is 813. The number of anilines is 1. The van der Waals surface area contributed by atoms with Crippen LogP contribution in [0.4, 0.5) is 10.5 Å². The first-order valence-corrected chi connectivity index (χ1v) is 11.7. The summed E-state index contributed by atoms with van der Waals surface area (Å²) in [5, 5.41) is 5.59. The van der Waals surface area contributed by atoms with Crippen molar-refractivity contribution in [3.05, 3.63) is 29.8 Å². The van der Waals surface area contributed by atoms with Gasteiger partial charge in [0.2, 0.25) is 5.91 Å². The number of nitrogens with zero attached hydrogens (tertiary/aromatic N) is 2. The number of hydrogen-bond acceptors (Lipinski definition) is 6. The maximum Gasteiger partial charge on any atom is 0.320 e. The number of rotatable bonds is 7. The van der Waals surface area contributed by atoms with Crippen molar-refractivity contribution in [3.63, 3.8) is 0 Å². The van der Waals surface area contributed by atoms with Crippen molar-refractivity contribution >= 4 is 23.6 Å². The number of amides is 3. The monoisotopic (exact) mass is 460 g/mol. The molecule has 1 aromatic carbocycles. The minimum Gasteiger partial charge on any atom is -0.466 e. The van der Waals surface area contributed by atoms with Gasteiger partial charge in [-0.1, -0.05) is 12.1 Å². The number of carbonyl (C=O) groups excluding carboxylic acids is 3. The van der Waals surface area contributed by atoms with Crippen LogP contribution in [0.15, 0.2) is 24.3 Å². The van der Waals surface area contributed by atoms with Crippen LogP contribution in [-0.2, 0) is 25.6 Å². The van der Waals surface area contributed by atoms with Gasteiger partial charge in [-0.05, 0) is 51.3 Å². The zero-order valence-corrected chi connectivity index (χ0v) is 19.9. The van der Waals surface area contributed by atoms with Crippen LogP contribution in [0.1, 0.15) is 39.2 Å². The zero-order chi connectivity index (χ0) is 23.8. The molecule has 9 nitrogen and oxygen atoms in total. The quantitative estimate of drug-likeness (QED) is 0.606. The molecule has 3 amide bonds. The molecule has 182 valence electrons. The van der Waals surface area contributed by atoms with Crippen molar-refractivity contribution in [3.8, 4) is 0 Å². The van der Waals surface area contributed by atoms with E-state index >= 15 is 0 Å². The van der Waals surface area contributed by atoms with Crippen LogP contribution in [0.2, 0.25) is 0 Å². The fourth-order valence-electron chi connectivity index (χ4n) is 4.18. The minimum atomic E-state index is -1.07. The molecule has 0 saturated carbocycles. The van der Waals surface area contributed by atoms with Gasteiger partial charge in [0.15, 0.2) is 0 Å². The van der Waals surface area contributed by atoms with Gasteiger partial charge in [0.1, 0.15) is 5.54 Å². The van der Waals surface area contributed by atoms with Crippen molar-refractivity contribution in [1.29, 1.82) is 0 Å². The van der Waals surface area contributed by atoms with E-state index in [2.05, 4.69) is 15.5 Å². The molecule has 0 spiro atoms. The van der Waals surface area contributed by atoms with Crippen molar-refractivity contribution in [2.45, 2.75) is 45.7 Å². The first-order chi connectivity index (χ1) is 15.8. The normalized spacial score (nSPS) is 18.0. The summed E-state index contributed by atoms with van der Waals surface area (Å²) < 4.78 is 10.5. The molecule has 1 aromatic rings. The van der Waals surface area contributed by atoms with E-state index in [1.54, 1.807) is 25.7 Å².